The van der Waals surface area contributed by atoms with E-state index in [0.29, 0.717) is 34.2 Å². The van der Waals surface area contributed by atoms with Crippen LogP contribution in [0.15, 0.2) is 43.0 Å². The average Bonchev–Trinajstić information content (AvgIpc) is 3.38. The molecule has 2 aliphatic heterocycles. The average molecular weight is 430 g/mol. The summed E-state index contributed by atoms with van der Waals surface area (Å²) in [7, 11) is 0. The van der Waals surface area contributed by atoms with E-state index in [1.54, 1.807) is 37.8 Å². The fourth-order valence-electron chi connectivity index (χ4n) is 3.88. The second kappa shape index (κ2) is 10.2. The number of rotatable bonds is 6. The molecule has 1 atom stereocenters. The third kappa shape index (κ3) is 5.54. The van der Waals surface area contributed by atoms with Crippen molar-refractivity contribution in [3.05, 3.63) is 85.7 Å². The van der Waals surface area contributed by atoms with Crippen LogP contribution in [0, 0.1) is 37.0 Å². The zero-order chi connectivity index (χ0) is 22.1. The molecule has 166 valence electrons. The summed E-state index contributed by atoms with van der Waals surface area (Å²) in [5.74, 6) is -0.653. The zero-order valence-corrected chi connectivity index (χ0v) is 19.1. The molecule has 0 bridgehead atoms. The first-order valence-electron chi connectivity index (χ1n) is 10.8. The number of ether oxygens (including phenoxy) is 2. The Morgan fingerprint density at radius 2 is 1.81 bits per heavy atom. The first kappa shape index (κ1) is 25.2. The summed E-state index contributed by atoms with van der Waals surface area (Å²) in [4.78, 5) is 0. The van der Waals surface area contributed by atoms with E-state index in [9.17, 15) is 8.78 Å². The smallest absolute Gasteiger partial charge is 0.549 e. The van der Waals surface area contributed by atoms with E-state index in [-0.39, 0.29) is 41.5 Å². The molecule has 32 heavy (non-hydrogen) atoms. The molecule has 0 amide bonds. The van der Waals surface area contributed by atoms with Gasteiger partial charge < -0.3 is 22.8 Å². The van der Waals surface area contributed by atoms with Crippen LogP contribution in [0.1, 0.15) is 43.7 Å². The van der Waals surface area contributed by atoms with Crippen molar-refractivity contribution in [1.82, 2.24) is 0 Å². The molecule has 1 unspecified atom stereocenters. The SMILES string of the molecule is C=C(C)c1c(F)cccc1-c1cccc(C[CH-]CC2([CH2-])CC2)c1F.[CH-]1OCC12CCO2.[Li+]. The molecular formula is C27H29F2LiO2-2. The van der Waals surface area contributed by atoms with E-state index < -0.39 is 0 Å². The van der Waals surface area contributed by atoms with E-state index in [4.69, 9.17) is 9.47 Å². The Morgan fingerprint density at radius 3 is 2.31 bits per heavy atom. The van der Waals surface area contributed by atoms with Gasteiger partial charge in [0.25, 0.3) is 0 Å². The van der Waals surface area contributed by atoms with Crippen molar-refractivity contribution in [2.75, 3.05) is 13.2 Å². The molecule has 0 radical (unpaired) electrons. The molecule has 2 heterocycles. The molecule has 2 nitrogen and oxygen atoms in total. The Hall–Kier alpha value is -1.44. The number of hydrogen-bond acceptors (Lipinski definition) is 2. The summed E-state index contributed by atoms with van der Waals surface area (Å²) >= 11 is 0. The predicted octanol–water partition coefficient (Wildman–Crippen LogP) is 3.76. The molecule has 1 aliphatic carbocycles. The summed E-state index contributed by atoms with van der Waals surface area (Å²) in [6.07, 6.45) is 7.04. The minimum Gasteiger partial charge on any atom is -0.549 e. The van der Waals surface area contributed by atoms with E-state index in [0.717, 1.165) is 38.9 Å². The minimum atomic E-state index is -0.371. The first-order chi connectivity index (χ1) is 14.8. The largest absolute Gasteiger partial charge is 1.00 e. The topological polar surface area (TPSA) is 18.5 Å². The van der Waals surface area contributed by atoms with E-state index in [1.807, 2.05) is 6.07 Å². The van der Waals surface area contributed by atoms with Crippen LogP contribution in [0.4, 0.5) is 8.78 Å². The third-order valence-corrected chi connectivity index (χ3v) is 6.25. The molecular weight excluding hydrogens is 401 g/mol. The summed E-state index contributed by atoms with van der Waals surface area (Å²) in [6, 6.07) is 10.0. The molecule has 2 aromatic carbocycles. The second-order valence-corrected chi connectivity index (χ2v) is 9.01. The molecule has 2 aromatic rings. The maximum absolute atomic E-state index is 15.0. The van der Waals surface area contributed by atoms with Crippen LogP contribution in [-0.2, 0) is 15.9 Å². The number of allylic oxidation sites excluding steroid dienone is 1. The van der Waals surface area contributed by atoms with Crippen LogP contribution in [0.5, 0.6) is 0 Å². The molecule has 0 N–H and O–H groups in total. The number of hydrogen-bond donors (Lipinski definition) is 0. The zero-order valence-electron chi connectivity index (χ0n) is 19.1. The molecule has 2 saturated heterocycles. The summed E-state index contributed by atoms with van der Waals surface area (Å²) in [5, 5.41) is 0. The summed E-state index contributed by atoms with van der Waals surface area (Å²) in [5.41, 5.74) is 2.86. The number of benzene rings is 2. The van der Waals surface area contributed by atoms with Crippen LogP contribution < -0.4 is 18.9 Å². The molecule has 5 heteroatoms. The van der Waals surface area contributed by atoms with Crippen LogP contribution in [0.25, 0.3) is 16.7 Å². The Bertz CT molecular complexity index is 945. The Balaban J connectivity index is 0.000000303. The van der Waals surface area contributed by atoms with Crippen molar-refractivity contribution >= 4 is 5.57 Å². The normalized spacial score (nSPS) is 22.0. The van der Waals surface area contributed by atoms with Gasteiger partial charge in [-0.15, -0.1) is 0 Å². The Labute approximate surface area is 202 Å². The van der Waals surface area contributed by atoms with Gasteiger partial charge in [0.05, 0.1) is 0 Å². The molecule has 1 spiro atoms. The van der Waals surface area contributed by atoms with Crippen molar-refractivity contribution < 1.29 is 37.1 Å². The van der Waals surface area contributed by atoms with Gasteiger partial charge in [0.2, 0.25) is 0 Å². The van der Waals surface area contributed by atoms with Gasteiger partial charge >= 0.3 is 18.9 Å². The van der Waals surface area contributed by atoms with Crippen molar-refractivity contribution in [3.8, 4) is 11.1 Å². The van der Waals surface area contributed by atoms with Gasteiger partial charge in [0.1, 0.15) is 11.6 Å². The molecule has 3 aliphatic rings. The van der Waals surface area contributed by atoms with Crippen molar-refractivity contribution in [2.45, 2.75) is 44.6 Å². The quantitative estimate of drug-likeness (QED) is 0.513. The van der Waals surface area contributed by atoms with Crippen molar-refractivity contribution in [2.24, 2.45) is 5.41 Å². The van der Waals surface area contributed by atoms with Gasteiger partial charge in [0.15, 0.2) is 0 Å². The van der Waals surface area contributed by atoms with E-state index in [1.165, 1.54) is 6.07 Å². The fraction of sp³-hybridized carbons (Fsp3) is 0.370. The van der Waals surface area contributed by atoms with Crippen LogP contribution in [0.2, 0.25) is 0 Å². The summed E-state index contributed by atoms with van der Waals surface area (Å²) < 4.78 is 39.1. The van der Waals surface area contributed by atoms with Crippen LogP contribution in [-0.4, -0.2) is 18.8 Å². The molecule has 3 fully saturated rings. The minimum absolute atomic E-state index is 0. The summed E-state index contributed by atoms with van der Waals surface area (Å²) in [6.45, 7) is 13.2. The van der Waals surface area contributed by atoms with Gasteiger partial charge in [-0.1, -0.05) is 49.8 Å². The number of halogens is 2. The fourth-order valence-corrected chi connectivity index (χ4v) is 3.88. The van der Waals surface area contributed by atoms with E-state index in [2.05, 4.69) is 19.9 Å². The maximum atomic E-state index is 15.0. The van der Waals surface area contributed by atoms with E-state index >= 15 is 0 Å². The monoisotopic (exact) mass is 430 g/mol. The van der Waals surface area contributed by atoms with Gasteiger partial charge in [-0.3, -0.25) is 0 Å². The second-order valence-electron chi connectivity index (χ2n) is 9.01. The van der Waals surface area contributed by atoms with Gasteiger partial charge in [0, 0.05) is 24.3 Å². The van der Waals surface area contributed by atoms with Gasteiger partial charge in [-0.2, -0.15) is 18.4 Å². The maximum Gasteiger partial charge on any atom is 1.00 e. The molecule has 1 saturated carbocycles. The van der Waals surface area contributed by atoms with Crippen LogP contribution >= 0.6 is 0 Å². The Morgan fingerprint density at radius 1 is 1.16 bits per heavy atom. The Kier molecular flexibility index (Phi) is 8.05. The van der Waals surface area contributed by atoms with Crippen molar-refractivity contribution in [1.29, 1.82) is 0 Å². The predicted molar refractivity (Wildman–Crippen MR) is 120 cm³/mol. The van der Waals surface area contributed by atoms with Gasteiger partial charge in [-0.05, 0) is 41.7 Å². The molecule has 5 rings (SSSR count). The molecule has 0 aromatic heterocycles. The standard InChI is InChI=1S/C22H22F2.C5H7O2.Li/c1-15(2)20-17(9-5-11-19(20)23)18-10-4-7-16(21(18)24)8-6-12-22(3)13-14-22;1-2-7-5(1)3-6-4-5;/h4-7,9-11H,1,3,8,12-14H2,2H3;3H,1-2,4H2;/q-2;-1;+1. The van der Waals surface area contributed by atoms with Crippen LogP contribution in [0.3, 0.4) is 0 Å². The van der Waals surface area contributed by atoms with Gasteiger partial charge in [-0.25, -0.2) is 15.2 Å². The first-order valence-corrected chi connectivity index (χ1v) is 10.8. The van der Waals surface area contributed by atoms with Crippen molar-refractivity contribution in [3.63, 3.8) is 0 Å². The third-order valence-electron chi connectivity index (χ3n) is 6.25.